The van der Waals surface area contributed by atoms with Crippen LogP contribution in [0.2, 0.25) is 10.0 Å². The van der Waals surface area contributed by atoms with Crippen LogP contribution in [0.5, 0.6) is 11.5 Å². The Balaban J connectivity index is 0.000000216. The van der Waals surface area contributed by atoms with E-state index in [1.165, 1.54) is 25.7 Å². The van der Waals surface area contributed by atoms with Gasteiger partial charge in [0.05, 0.1) is 31.7 Å². The summed E-state index contributed by atoms with van der Waals surface area (Å²) in [6.45, 7) is -0.937. The molecule has 4 saturated carbocycles. The average molecular weight is 1080 g/mol. The SMILES string of the molecule is CS(=O)(=O)OC1C[C@@H]2C[C@@H]2C1.O.OC[C@H]1OC(c2ccc(Cl)c(Cc3ccc(O)cc3)c2)[C@H](O)[C@@H](O)[C@@H]1O.OC[C@H]1OC(c2ccc(Cl)c(Cc3ccc(OC4C[C@@H]5C[C@@H]5C4)cc3)c2)[C@H](O)[C@@H](O)[C@@H]1O.[Na+].[OH-]. The summed E-state index contributed by atoms with van der Waals surface area (Å²) in [6, 6.07) is 25.2. The molecule has 6 fully saturated rings. The molecule has 4 aliphatic carbocycles. The maximum absolute atomic E-state index is 10.7. The molecular formula is C51H65Cl2NaO17S. The Morgan fingerprint density at radius 3 is 1.35 bits per heavy atom. The first-order chi connectivity index (χ1) is 32.9. The van der Waals surface area contributed by atoms with E-state index < -0.39 is 84.4 Å². The number of benzene rings is 4. The summed E-state index contributed by atoms with van der Waals surface area (Å²) in [7, 11) is -3.21. The Bertz CT molecular complexity index is 2450. The number of phenols is 1. The van der Waals surface area contributed by atoms with Gasteiger partial charge in [-0.3, -0.25) is 4.18 Å². The Hall–Kier alpha value is -2.51. The fourth-order valence-corrected chi connectivity index (χ4v) is 11.3. The molecule has 72 heavy (non-hydrogen) atoms. The third kappa shape index (κ3) is 15.1. The molecule has 0 amide bonds. The second-order valence-corrected chi connectivity index (χ2v) is 21.9. The fraction of sp³-hybridized carbons (Fsp3) is 0.529. The quantitative estimate of drug-likeness (QED) is 0.0691. The van der Waals surface area contributed by atoms with Gasteiger partial charge in [0.25, 0.3) is 10.1 Å². The van der Waals surface area contributed by atoms with Crippen molar-refractivity contribution in [3.63, 3.8) is 0 Å². The number of ether oxygens (including phenoxy) is 3. The van der Waals surface area contributed by atoms with Crippen LogP contribution in [-0.4, -0.2) is 146 Å². The van der Waals surface area contributed by atoms with Crippen molar-refractivity contribution in [3.8, 4) is 11.5 Å². The van der Waals surface area contributed by atoms with E-state index in [1.54, 1.807) is 54.6 Å². The van der Waals surface area contributed by atoms with E-state index in [4.69, 9.17) is 41.6 Å². The molecule has 16 atom stereocenters. The molecule has 17 nitrogen and oxygen atoms in total. The first-order valence-electron chi connectivity index (χ1n) is 23.5. The van der Waals surface area contributed by atoms with Crippen molar-refractivity contribution in [1.82, 2.24) is 0 Å². The van der Waals surface area contributed by atoms with Crippen LogP contribution in [0, 0.1) is 23.7 Å². The Morgan fingerprint density at radius 1 is 0.569 bits per heavy atom. The average Bonchev–Trinajstić information content (AvgIpc) is 4.16. The summed E-state index contributed by atoms with van der Waals surface area (Å²) in [5, 5.41) is 90.0. The third-order valence-corrected chi connectivity index (χ3v) is 15.6. The molecule has 21 heteroatoms. The number of aromatic hydroxyl groups is 1. The van der Waals surface area contributed by atoms with Crippen LogP contribution in [-0.2, 0) is 36.6 Å². The monoisotopic (exact) mass is 1070 g/mol. The summed E-state index contributed by atoms with van der Waals surface area (Å²) in [5.41, 5.74) is 4.86. The Labute approximate surface area is 451 Å². The minimum Gasteiger partial charge on any atom is -0.870 e. The number of hydrogen-bond donors (Lipinski definition) is 9. The van der Waals surface area contributed by atoms with Crippen LogP contribution >= 0.6 is 23.2 Å². The molecule has 2 aliphatic heterocycles. The number of rotatable bonds is 12. The van der Waals surface area contributed by atoms with E-state index >= 15 is 0 Å². The van der Waals surface area contributed by atoms with Gasteiger partial charge >= 0.3 is 29.6 Å². The number of phenolic OH excluding ortho intramolecular Hbond substituents is 1. The summed E-state index contributed by atoms with van der Waals surface area (Å²) >= 11 is 12.7. The zero-order chi connectivity index (χ0) is 49.3. The number of aliphatic hydroxyl groups is 8. The van der Waals surface area contributed by atoms with Crippen molar-refractivity contribution in [1.29, 1.82) is 0 Å². The second kappa shape index (κ2) is 26.0. The maximum atomic E-state index is 10.7. The smallest absolute Gasteiger partial charge is 0.870 e. The van der Waals surface area contributed by atoms with Gasteiger partial charge in [-0.2, -0.15) is 8.42 Å². The van der Waals surface area contributed by atoms with E-state index in [1.807, 2.05) is 30.3 Å². The minimum absolute atomic E-state index is 0. The molecule has 4 unspecified atom stereocenters. The van der Waals surface area contributed by atoms with Crippen molar-refractivity contribution >= 4 is 33.3 Å². The number of aliphatic hydroxyl groups excluding tert-OH is 8. The van der Waals surface area contributed by atoms with Gasteiger partial charge in [0.1, 0.15) is 72.5 Å². The van der Waals surface area contributed by atoms with Gasteiger partial charge in [-0.15, -0.1) is 0 Å². The van der Waals surface area contributed by atoms with Crippen molar-refractivity contribution in [2.75, 3.05) is 19.5 Å². The van der Waals surface area contributed by atoms with Gasteiger partial charge in [-0.05, 0) is 145 Å². The molecule has 2 heterocycles. The first-order valence-corrected chi connectivity index (χ1v) is 26.0. The van der Waals surface area contributed by atoms with Crippen LogP contribution in [0.4, 0.5) is 0 Å². The van der Waals surface area contributed by atoms with E-state index in [9.17, 15) is 54.4 Å². The van der Waals surface area contributed by atoms with Crippen molar-refractivity contribution in [2.24, 2.45) is 23.7 Å². The van der Waals surface area contributed by atoms with Crippen LogP contribution in [0.3, 0.4) is 0 Å². The zero-order valence-electron chi connectivity index (χ0n) is 40.0. The molecule has 12 N–H and O–H groups in total. The van der Waals surface area contributed by atoms with E-state index in [2.05, 4.69) is 0 Å². The van der Waals surface area contributed by atoms with Gasteiger partial charge in [-0.25, -0.2) is 0 Å². The van der Waals surface area contributed by atoms with Gasteiger partial charge in [0, 0.05) is 10.0 Å². The van der Waals surface area contributed by atoms with E-state index in [0.717, 1.165) is 70.8 Å². The molecule has 10 rings (SSSR count). The van der Waals surface area contributed by atoms with Gasteiger partial charge in [0.15, 0.2) is 0 Å². The third-order valence-electron chi connectivity index (χ3n) is 14.2. The van der Waals surface area contributed by atoms with Crippen molar-refractivity contribution < 1.29 is 113 Å². The van der Waals surface area contributed by atoms with Crippen molar-refractivity contribution in [2.45, 2.75) is 125 Å². The minimum atomic E-state index is -3.21. The molecular weight excluding hydrogens is 1010 g/mol. The Kier molecular flexibility index (Phi) is 21.8. The fourth-order valence-electron chi connectivity index (χ4n) is 10.2. The summed E-state index contributed by atoms with van der Waals surface area (Å²) in [5.74, 6) is 4.40. The standard InChI is InChI=1S/C25H29ClO6.C19H21ClO6.C7H12O3S.Na.2H2O/c26-20-6-3-14(25-24(30)23(29)22(28)21(12-27)32-25)8-17(20)7-13-1-4-18(5-2-13)31-19-10-15-9-16(15)11-19;20-14-6-3-11(8-12(14)7-10-1-4-13(22)5-2-10)19-18(25)17(24)16(23)15(9-21)26-19;1-11(8,9)10-7-3-5-2-6(5)4-7;;;/h1-6,8,15-16,19,21-25,27-30H,7,9-12H2;1-6,8,15-19,21-25H,7,9H2;5-7H,2-4H2,1H3;;2*1H2/q;;;+1;;/p-1/t15-,16+,19?,21-,22-,23+,24-,25?;15-,16-,17+,18-,19?;5-,6+,7?;;;/m11..../s1. The molecule has 6 aliphatic rings. The topological polar surface area (TPSA) is 315 Å². The molecule has 0 radical (unpaired) electrons. The zero-order valence-corrected chi connectivity index (χ0v) is 44.3. The van der Waals surface area contributed by atoms with Crippen molar-refractivity contribution in [3.05, 3.63) is 128 Å². The molecule has 0 aromatic heterocycles. The van der Waals surface area contributed by atoms with Gasteiger partial charge in [0.2, 0.25) is 0 Å². The van der Waals surface area contributed by atoms with Crippen LogP contribution in [0.25, 0.3) is 0 Å². The first kappa shape index (κ1) is 60.4. The summed E-state index contributed by atoms with van der Waals surface area (Å²) in [4.78, 5) is 0. The summed E-state index contributed by atoms with van der Waals surface area (Å²) < 4.78 is 43.6. The van der Waals surface area contributed by atoms with E-state index in [0.29, 0.717) is 40.1 Å². The van der Waals surface area contributed by atoms with Gasteiger partial charge < -0.3 is 71.1 Å². The molecule has 4 aromatic carbocycles. The molecule has 392 valence electrons. The molecule has 0 spiro atoms. The van der Waals surface area contributed by atoms with E-state index in [-0.39, 0.29) is 52.4 Å². The van der Waals surface area contributed by atoms with Gasteiger partial charge in [-0.1, -0.05) is 71.7 Å². The maximum Gasteiger partial charge on any atom is 1.00 e. The molecule has 0 bridgehead atoms. The Morgan fingerprint density at radius 2 is 0.958 bits per heavy atom. The number of halogens is 2. The van der Waals surface area contributed by atoms with Crippen LogP contribution in [0.15, 0.2) is 84.9 Å². The number of fused-ring (bicyclic) bond motifs is 2. The molecule has 2 saturated heterocycles. The second-order valence-electron chi connectivity index (χ2n) is 19.5. The number of hydrogen-bond acceptors (Lipinski definition) is 16. The largest absolute Gasteiger partial charge is 1.00 e. The van der Waals surface area contributed by atoms with Crippen LogP contribution in [0.1, 0.15) is 84.1 Å². The molecule has 4 aromatic rings. The predicted molar refractivity (Wildman–Crippen MR) is 260 cm³/mol. The summed E-state index contributed by atoms with van der Waals surface area (Å²) in [6.07, 6.45) is -2.49. The van der Waals surface area contributed by atoms with Crippen LogP contribution < -0.4 is 34.3 Å². The predicted octanol–water partition coefficient (Wildman–Crippen LogP) is 0.538. The normalized spacial score (nSPS) is 32.9.